The molecule has 0 saturated heterocycles. The molecule has 3 aromatic carbocycles. The Morgan fingerprint density at radius 1 is 0.950 bits per heavy atom. The van der Waals surface area contributed by atoms with Gasteiger partial charge in [0.25, 0.3) is 0 Å². The molecular formula is C29H32Cl2FN3O4S. The van der Waals surface area contributed by atoms with Crippen molar-refractivity contribution in [1.29, 1.82) is 0 Å². The van der Waals surface area contributed by atoms with Gasteiger partial charge in [-0.15, -0.1) is 0 Å². The van der Waals surface area contributed by atoms with Crippen LogP contribution in [0.4, 0.5) is 10.1 Å². The summed E-state index contributed by atoms with van der Waals surface area (Å²) in [4.78, 5) is 28.8. The highest BCUT2D eigenvalue weighted by molar-refractivity contribution is 7.92. The standard InChI is InChI=1S/C29H32Cl2FN3O4S/c1-20(2)17-33-29(37)26(16-21-10-5-4-6-11-21)34(18-22-12-7-8-14-24(22)32)27(36)19-35(40(3,38)39)25-15-9-13-23(30)28(25)31/h4-15,20,26H,16-19H2,1-3H3,(H,33,37)/t26-/m0/s1. The van der Waals surface area contributed by atoms with Crippen LogP contribution < -0.4 is 9.62 Å². The quantitative estimate of drug-likeness (QED) is 0.302. The summed E-state index contributed by atoms with van der Waals surface area (Å²) in [5.74, 6) is -1.57. The van der Waals surface area contributed by atoms with E-state index < -0.39 is 40.2 Å². The first-order valence-corrected chi connectivity index (χ1v) is 15.2. The van der Waals surface area contributed by atoms with E-state index in [-0.39, 0.29) is 40.2 Å². The van der Waals surface area contributed by atoms with Crippen molar-refractivity contribution in [2.45, 2.75) is 32.9 Å². The van der Waals surface area contributed by atoms with Crippen LogP contribution in [0, 0.1) is 11.7 Å². The molecule has 0 aliphatic rings. The lowest BCUT2D eigenvalue weighted by molar-refractivity contribution is -0.140. The zero-order chi connectivity index (χ0) is 29.4. The van der Waals surface area contributed by atoms with Gasteiger partial charge in [0.05, 0.1) is 22.0 Å². The van der Waals surface area contributed by atoms with Gasteiger partial charge in [0, 0.05) is 25.1 Å². The SMILES string of the molecule is CC(C)CNC(=O)[C@H](Cc1ccccc1)N(Cc1ccccc1F)C(=O)CN(c1cccc(Cl)c1Cl)S(C)(=O)=O. The van der Waals surface area contributed by atoms with E-state index >= 15 is 0 Å². The molecule has 0 aliphatic heterocycles. The van der Waals surface area contributed by atoms with Gasteiger partial charge >= 0.3 is 0 Å². The van der Waals surface area contributed by atoms with Gasteiger partial charge in [-0.25, -0.2) is 12.8 Å². The van der Waals surface area contributed by atoms with Gasteiger partial charge in [-0.2, -0.15) is 0 Å². The first kappa shape index (κ1) is 31.4. The van der Waals surface area contributed by atoms with Crippen LogP contribution in [0.5, 0.6) is 0 Å². The summed E-state index contributed by atoms with van der Waals surface area (Å²) in [5.41, 5.74) is 0.966. The lowest BCUT2D eigenvalue weighted by Crippen LogP contribution is -2.53. The van der Waals surface area contributed by atoms with Crippen LogP contribution in [0.2, 0.25) is 10.0 Å². The van der Waals surface area contributed by atoms with Gasteiger partial charge in [0.15, 0.2) is 0 Å². The number of carbonyl (C=O) groups is 2. The maximum atomic E-state index is 14.8. The van der Waals surface area contributed by atoms with Crippen LogP contribution in [0.1, 0.15) is 25.0 Å². The summed E-state index contributed by atoms with van der Waals surface area (Å²) >= 11 is 12.5. The third kappa shape index (κ3) is 8.43. The minimum Gasteiger partial charge on any atom is -0.354 e. The van der Waals surface area contributed by atoms with Crippen LogP contribution in [0.3, 0.4) is 0 Å². The molecule has 0 saturated carbocycles. The third-order valence-electron chi connectivity index (χ3n) is 6.13. The van der Waals surface area contributed by atoms with Gasteiger partial charge in [-0.1, -0.05) is 91.6 Å². The highest BCUT2D eigenvalue weighted by Gasteiger charge is 2.34. The van der Waals surface area contributed by atoms with E-state index in [0.29, 0.717) is 6.54 Å². The Bertz CT molecular complexity index is 1440. The monoisotopic (exact) mass is 607 g/mol. The Kier molecular flexibility index (Phi) is 11.0. The van der Waals surface area contributed by atoms with Gasteiger partial charge in [0.2, 0.25) is 21.8 Å². The highest BCUT2D eigenvalue weighted by Crippen LogP contribution is 2.34. The number of halogens is 3. The third-order valence-corrected chi connectivity index (χ3v) is 8.07. The number of anilines is 1. The van der Waals surface area contributed by atoms with Crippen LogP contribution >= 0.6 is 23.2 Å². The van der Waals surface area contributed by atoms with Crippen molar-refractivity contribution >= 4 is 50.7 Å². The Morgan fingerprint density at radius 2 is 1.60 bits per heavy atom. The van der Waals surface area contributed by atoms with Crippen molar-refractivity contribution in [3.05, 3.63) is 99.8 Å². The van der Waals surface area contributed by atoms with E-state index in [4.69, 9.17) is 23.2 Å². The molecule has 0 aliphatic carbocycles. The average Bonchev–Trinajstić information content (AvgIpc) is 2.90. The smallest absolute Gasteiger partial charge is 0.244 e. The van der Waals surface area contributed by atoms with E-state index in [2.05, 4.69) is 5.32 Å². The molecule has 0 unspecified atom stereocenters. The van der Waals surface area contributed by atoms with E-state index in [1.807, 2.05) is 44.2 Å². The van der Waals surface area contributed by atoms with Crippen molar-refractivity contribution in [3.8, 4) is 0 Å². The molecule has 3 rings (SSSR count). The second kappa shape index (κ2) is 14.0. The minimum absolute atomic E-state index is 0.0136. The number of nitrogens with one attached hydrogen (secondary N) is 1. The van der Waals surface area contributed by atoms with Gasteiger partial charge in [-0.05, 0) is 29.7 Å². The minimum atomic E-state index is -4.03. The summed E-state index contributed by atoms with van der Waals surface area (Å²) in [6.07, 6.45) is 1.07. The number of nitrogens with zero attached hydrogens (tertiary/aromatic N) is 2. The van der Waals surface area contributed by atoms with Crippen molar-refractivity contribution in [2.75, 3.05) is 23.7 Å². The van der Waals surface area contributed by atoms with Crippen LogP contribution in [-0.4, -0.2) is 50.5 Å². The molecule has 0 fully saturated rings. The first-order valence-electron chi connectivity index (χ1n) is 12.6. The molecule has 1 N–H and O–H groups in total. The zero-order valence-electron chi connectivity index (χ0n) is 22.5. The Hall–Kier alpha value is -3.14. The molecular weight excluding hydrogens is 576 g/mol. The normalized spacial score (nSPS) is 12.2. The number of amides is 2. The molecule has 0 aromatic heterocycles. The van der Waals surface area contributed by atoms with Crippen LogP contribution in [-0.2, 0) is 32.6 Å². The van der Waals surface area contributed by atoms with Gasteiger partial charge in [-0.3, -0.25) is 13.9 Å². The van der Waals surface area contributed by atoms with Crippen LogP contribution in [0.15, 0.2) is 72.8 Å². The number of sulfonamides is 1. The van der Waals surface area contributed by atoms with E-state index in [1.165, 1.54) is 41.3 Å². The van der Waals surface area contributed by atoms with Crippen molar-refractivity contribution in [3.63, 3.8) is 0 Å². The summed E-state index contributed by atoms with van der Waals surface area (Å²) in [7, 11) is -4.03. The molecule has 0 spiro atoms. The molecule has 40 heavy (non-hydrogen) atoms. The van der Waals surface area contributed by atoms with E-state index in [0.717, 1.165) is 16.1 Å². The summed E-state index contributed by atoms with van der Waals surface area (Å²) < 4.78 is 41.3. The number of benzene rings is 3. The van der Waals surface area contributed by atoms with Crippen molar-refractivity contribution < 1.29 is 22.4 Å². The Labute approximate surface area is 244 Å². The summed E-state index contributed by atoms with van der Waals surface area (Å²) in [6.45, 7) is 3.29. The van der Waals surface area contributed by atoms with E-state index in [9.17, 15) is 22.4 Å². The Morgan fingerprint density at radius 3 is 2.23 bits per heavy atom. The average molecular weight is 609 g/mol. The maximum Gasteiger partial charge on any atom is 0.244 e. The van der Waals surface area contributed by atoms with Gasteiger partial charge in [0.1, 0.15) is 18.4 Å². The molecule has 2 amide bonds. The fourth-order valence-electron chi connectivity index (χ4n) is 4.07. The van der Waals surface area contributed by atoms with Crippen LogP contribution in [0.25, 0.3) is 0 Å². The predicted octanol–water partition coefficient (Wildman–Crippen LogP) is 5.31. The lowest BCUT2D eigenvalue weighted by atomic mass is 10.0. The van der Waals surface area contributed by atoms with Gasteiger partial charge < -0.3 is 10.2 Å². The number of hydrogen-bond acceptors (Lipinski definition) is 4. The Balaban J connectivity index is 2.08. The lowest BCUT2D eigenvalue weighted by Gasteiger charge is -2.34. The predicted molar refractivity (Wildman–Crippen MR) is 157 cm³/mol. The topological polar surface area (TPSA) is 86.8 Å². The summed E-state index contributed by atoms with van der Waals surface area (Å²) in [5, 5.41) is 2.94. The largest absolute Gasteiger partial charge is 0.354 e. The molecule has 214 valence electrons. The molecule has 0 bridgehead atoms. The fourth-order valence-corrected chi connectivity index (χ4v) is 5.37. The molecule has 0 radical (unpaired) electrons. The number of rotatable bonds is 12. The molecule has 7 nitrogen and oxygen atoms in total. The maximum absolute atomic E-state index is 14.8. The second-order valence-corrected chi connectivity index (χ2v) is 12.5. The second-order valence-electron chi connectivity index (χ2n) is 9.80. The molecule has 11 heteroatoms. The number of hydrogen-bond donors (Lipinski definition) is 1. The first-order chi connectivity index (χ1) is 18.9. The molecule has 3 aromatic rings. The fraction of sp³-hybridized carbons (Fsp3) is 0.310. The zero-order valence-corrected chi connectivity index (χ0v) is 24.8. The highest BCUT2D eigenvalue weighted by atomic mass is 35.5. The van der Waals surface area contributed by atoms with Crippen molar-refractivity contribution in [2.24, 2.45) is 5.92 Å². The molecule has 1 atom stereocenters. The number of carbonyl (C=O) groups excluding carboxylic acids is 2. The molecule has 0 heterocycles. The van der Waals surface area contributed by atoms with E-state index in [1.54, 1.807) is 6.07 Å². The van der Waals surface area contributed by atoms with Crippen molar-refractivity contribution in [1.82, 2.24) is 10.2 Å². The summed E-state index contributed by atoms with van der Waals surface area (Å²) in [6, 6.07) is 18.4.